The summed E-state index contributed by atoms with van der Waals surface area (Å²) in [5, 5.41) is 17.7. The summed E-state index contributed by atoms with van der Waals surface area (Å²) in [6.45, 7) is 5.03. The predicted octanol–water partition coefficient (Wildman–Crippen LogP) is 1.45. The number of carbonyl (C=O) groups is 3. The molecule has 3 amide bonds. The highest BCUT2D eigenvalue weighted by molar-refractivity contribution is 5.98. The van der Waals surface area contributed by atoms with Gasteiger partial charge in [-0.15, -0.1) is 0 Å². The Labute approximate surface area is 219 Å². The molecule has 0 saturated carbocycles. The Balaban J connectivity index is 1.68. The number of hydrogen-bond acceptors (Lipinski definition) is 9. The van der Waals surface area contributed by atoms with E-state index in [-0.39, 0.29) is 29.1 Å². The van der Waals surface area contributed by atoms with Crippen molar-refractivity contribution in [2.45, 2.75) is 13.8 Å². The zero-order chi connectivity index (χ0) is 27.5. The van der Waals surface area contributed by atoms with E-state index in [2.05, 4.69) is 41.9 Å². The van der Waals surface area contributed by atoms with E-state index in [0.717, 1.165) is 11.4 Å². The maximum absolute atomic E-state index is 12.6. The maximum atomic E-state index is 12.6. The molecule has 38 heavy (non-hydrogen) atoms. The van der Waals surface area contributed by atoms with Gasteiger partial charge < -0.3 is 37.6 Å². The van der Waals surface area contributed by atoms with Crippen molar-refractivity contribution in [3.05, 3.63) is 64.4 Å². The molecule has 13 nitrogen and oxygen atoms in total. The molecule has 0 fully saturated rings. The summed E-state index contributed by atoms with van der Waals surface area (Å²) in [6, 6.07) is 14.3. The third-order valence-corrected chi connectivity index (χ3v) is 5.12. The fourth-order valence-electron chi connectivity index (χ4n) is 3.36. The van der Waals surface area contributed by atoms with Gasteiger partial charge in [-0.3, -0.25) is 24.2 Å². The van der Waals surface area contributed by atoms with Crippen LogP contribution in [0.1, 0.15) is 24.2 Å². The largest absolute Gasteiger partial charge is 0.383 e. The Bertz CT molecular complexity index is 1320. The Hall–Kier alpha value is -5.07. The summed E-state index contributed by atoms with van der Waals surface area (Å²) in [5.74, 6) is -0.983. The van der Waals surface area contributed by atoms with E-state index >= 15 is 0 Å². The smallest absolute Gasteiger partial charge is 0.267 e. The number of aromatic amines is 1. The summed E-state index contributed by atoms with van der Waals surface area (Å²) < 4.78 is 0. The Morgan fingerprint density at radius 1 is 0.737 bits per heavy atom. The highest BCUT2D eigenvalue weighted by Gasteiger charge is 2.17. The zero-order valence-corrected chi connectivity index (χ0v) is 21.1. The first-order valence-electron chi connectivity index (χ1n) is 11.9. The van der Waals surface area contributed by atoms with E-state index in [0.29, 0.717) is 37.6 Å². The molecule has 0 spiro atoms. The lowest BCUT2D eigenvalue weighted by Gasteiger charge is -2.13. The topological polar surface area (TPSA) is 195 Å². The molecule has 0 aliphatic heterocycles. The molecule has 3 rings (SSSR count). The van der Waals surface area contributed by atoms with Gasteiger partial charge in [-0.1, -0.05) is 0 Å². The number of hydrogen-bond donors (Lipinski definition) is 8. The Morgan fingerprint density at radius 2 is 1.18 bits per heavy atom. The number of nitrogens with zero attached hydrogens (tertiary/aromatic N) is 1. The molecule has 0 unspecified atom stereocenters. The lowest BCUT2D eigenvalue weighted by molar-refractivity contribution is -0.119. The Kier molecular flexibility index (Phi) is 9.63. The van der Waals surface area contributed by atoms with Crippen LogP contribution in [-0.2, 0) is 9.59 Å². The average molecular weight is 522 g/mol. The summed E-state index contributed by atoms with van der Waals surface area (Å²) in [5.41, 5.74) is 7.35. The van der Waals surface area contributed by atoms with Crippen LogP contribution in [-0.4, -0.2) is 53.9 Å². The highest BCUT2D eigenvalue weighted by atomic mass is 16.2. The van der Waals surface area contributed by atoms with Gasteiger partial charge in [0.2, 0.25) is 17.8 Å². The molecule has 3 aromatic rings. The Morgan fingerprint density at radius 3 is 1.63 bits per heavy atom. The van der Waals surface area contributed by atoms with Crippen molar-refractivity contribution < 1.29 is 14.4 Å². The van der Waals surface area contributed by atoms with E-state index in [1.54, 1.807) is 36.4 Å². The number of anilines is 6. The molecule has 0 aliphatic rings. The molecular weight excluding hydrogens is 490 g/mol. The SMILES string of the molecule is CC(=O)NCCNc1ccc(Nc2nc(Nc3ccc(NCCNC(C)=O)cc3)c(C(N)=O)c(=O)[nH]2)cc1. The number of aromatic nitrogens is 2. The average Bonchev–Trinajstić information content (AvgIpc) is 2.86. The van der Waals surface area contributed by atoms with E-state index < -0.39 is 11.5 Å². The second kappa shape index (κ2) is 13.3. The fraction of sp³-hybridized carbons (Fsp3) is 0.240. The molecule has 0 bridgehead atoms. The lowest BCUT2D eigenvalue weighted by Crippen LogP contribution is -2.27. The van der Waals surface area contributed by atoms with Crippen molar-refractivity contribution in [3.63, 3.8) is 0 Å². The molecular formula is C25H31N9O4. The van der Waals surface area contributed by atoms with E-state index in [4.69, 9.17) is 5.73 Å². The molecule has 2 aromatic carbocycles. The standard InChI is InChI=1S/C25H31N9O4/c1-15(35)27-11-13-29-17-3-7-19(8-4-17)31-23-21(22(26)37)24(38)34-25(33-23)32-20-9-5-18(6-10-20)30-14-12-28-16(2)36/h3-10,29-30H,11-14H2,1-2H3,(H2,26,37)(H,27,35)(H,28,36)(H3,31,32,33,34,38). The molecule has 13 heteroatoms. The van der Waals surface area contributed by atoms with Gasteiger partial charge in [0.05, 0.1) is 0 Å². The first kappa shape index (κ1) is 27.5. The lowest BCUT2D eigenvalue weighted by atomic mass is 10.2. The van der Waals surface area contributed by atoms with E-state index in [1.165, 1.54) is 13.8 Å². The highest BCUT2D eigenvalue weighted by Crippen LogP contribution is 2.22. The third-order valence-electron chi connectivity index (χ3n) is 5.12. The summed E-state index contributed by atoms with van der Waals surface area (Å²) in [4.78, 5) is 53.4. The first-order chi connectivity index (χ1) is 18.2. The molecule has 9 N–H and O–H groups in total. The van der Waals surface area contributed by atoms with Gasteiger partial charge in [0.1, 0.15) is 5.56 Å². The summed E-state index contributed by atoms with van der Waals surface area (Å²) >= 11 is 0. The maximum Gasteiger partial charge on any atom is 0.267 e. The van der Waals surface area contributed by atoms with Crippen molar-refractivity contribution >= 4 is 52.2 Å². The quantitative estimate of drug-likeness (QED) is 0.154. The number of nitrogens with one attached hydrogen (secondary N) is 7. The van der Waals surface area contributed by atoms with Crippen LogP contribution in [0.5, 0.6) is 0 Å². The van der Waals surface area contributed by atoms with Gasteiger partial charge in [-0.05, 0) is 48.5 Å². The minimum Gasteiger partial charge on any atom is -0.383 e. The number of nitrogens with two attached hydrogens (primary N) is 1. The summed E-state index contributed by atoms with van der Waals surface area (Å²) in [6.07, 6.45) is 0. The second-order valence-electron chi connectivity index (χ2n) is 8.23. The molecule has 0 saturated heterocycles. The second-order valence-corrected chi connectivity index (χ2v) is 8.23. The van der Waals surface area contributed by atoms with Crippen LogP contribution in [0.3, 0.4) is 0 Å². The molecule has 0 radical (unpaired) electrons. The minimum atomic E-state index is -0.918. The van der Waals surface area contributed by atoms with Crippen LogP contribution in [0.15, 0.2) is 53.3 Å². The van der Waals surface area contributed by atoms with Gasteiger partial charge in [0, 0.05) is 62.8 Å². The molecule has 1 heterocycles. The van der Waals surface area contributed by atoms with Crippen LogP contribution >= 0.6 is 0 Å². The molecule has 1 aromatic heterocycles. The van der Waals surface area contributed by atoms with Gasteiger partial charge in [-0.2, -0.15) is 4.98 Å². The van der Waals surface area contributed by atoms with E-state index in [9.17, 15) is 19.2 Å². The number of primary amides is 1. The van der Waals surface area contributed by atoms with Gasteiger partial charge in [0.15, 0.2) is 5.82 Å². The van der Waals surface area contributed by atoms with Gasteiger partial charge in [-0.25, -0.2) is 0 Å². The van der Waals surface area contributed by atoms with Crippen molar-refractivity contribution in [1.29, 1.82) is 0 Å². The van der Waals surface area contributed by atoms with Crippen molar-refractivity contribution in [1.82, 2.24) is 20.6 Å². The van der Waals surface area contributed by atoms with Crippen LogP contribution in [0, 0.1) is 0 Å². The molecule has 0 aliphatic carbocycles. The molecule has 200 valence electrons. The predicted molar refractivity (Wildman–Crippen MR) is 147 cm³/mol. The first-order valence-corrected chi connectivity index (χ1v) is 11.9. The van der Waals surface area contributed by atoms with Crippen LogP contribution in [0.4, 0.5) is 34.5 Å². The van der Waals surface area contributed by atoms with Crippen molar-refractivity contribution in [2.24, 2.45) is 5.73 Å². The number of rotatable bonds is 13. The number of benzene rings is 2. The molecule has 0 atom stereocenters. The van der Waals surface area contributed by atoms with Crippen LogP contribution in [0.25, 0.3) is 0 Å². The van der Waals surface area contributed by atoms with Crippen LogP contribution in [0.2, 0.25) is 0 Å². The third kappa shape index (κ3) is 8.55. The number of H-pyrrole nitrogens is 1. The van der Waals surface area contributed by atoms with Crippen molar-refractivity contribution in [3.8, 4) is 0 Å². The fourth-order valence-corrected chi connectivity index (χ4v) is 3.36. The normalized spacial score (nSPS) is 10.3. The van der Waals surface area contributed by atoms with E-state index in [1.807, 2.05) is 12.1 Å². The van der Waals surface area contributed by atoms with Gasteiger partial charge in [0.25, 0.3) is 11.5 Å². The van der Waals surface area contributed by atoms with Gasteiger partial charge >= 0.3 is 0 Å². The number of amides is 3. The zero-order valence-electron chi connectivity index (χ0n) is 21.1. The number of carbonyl (C=O) groups excluding carboxylic acids is 3. The van der Waals surface area contributed by atoms with Crippen molar-refractivity contribution in [2.75, 3.05) is 47.4 Å². The summed E-state index contributed by atoms with van der Waals surface area (Å²) in [7, 11) is 0. The minimum absolute atomic E-state index is 0.00590. The monoisotopic (exact) mass is 521 g/mol. The van der Waals surface area contributed by atoms with Crippen LogP contribution < -0.4 is 43.2 Å².